The fourth-order valence-electron chi connectivity index (χ4n) is 2.75. The molecule has 1 aliphatic rings. The van der Waals surface area contributed by atoms with Crippen LogP contribution in [0.5, 0.6) is 0 Å². The van der Waals surface area contributed by atoms with E-state index in [9.17, 15) is 9.90 Å². The monoisotopic (exact) mass is 227 g/mol. The Morgan fingerprint density at radius 1 is 1.44 bits per heavy atom. The van der Waals surface area contributed by atoms with Crippen LogP contribution in [0, 0.1) is 11.3 Å². The molecule has 0 aromatic heterocycles. The van der Waals surface area contributed by atoms with Crippen molar-refractivity contribution in [2.75, 3.05) is 7.05 Å². The third-order valence-electron chi connectivity index (χ3n) is 4.74. The number of carboxylic acids is 1. The molecule has 1 saturated carbocycles. The zero-order valence-corrected chi connectivity index (χ0v) is 11.0. The molecule has 0 saturated heterocycles. The van der Waals surface area contributed by atoms with Crippen molar-refractivity contribution in [1.29, 1.82) is 0 Å². The van der Waals surface area contributed by atoms with Gasteiger partial charge in [0.15, 0.2) is 0 Å². The van der Waals surface area contributed by atoms with Crippen molar-refractivity contribution in [1.82, 2.24) is 5.32 Å². The van der Waals surface area contributed by atoms with E-state index in [2.05, 4.69) is 26.1 Å². The summed E-state index contributed by atoms with van der Waals surface area (Å²) >= 11 is 0. The Balaban J connectivity index is 2.66. The molecule has 94 valence electrons. The summed E-state index contributed by atoms with van der Waals surface area (Å²) in [5.41, 5.74) is -0.321. The Bertz CT molecular complexity index is 253. The average molecular weight is 227 g/mol. The topological polar surface area (TPSA) is 49.3 Å². The maximum absolute atomic E-state index is 11.3. The van der Waals surface area contributed by atoms with Crippen LogP contribution in [-0.4, -0.2) is 23.7 Å². The quantitative estimate of drug-likeness (QED) is 0.776. The predicted molar refractivity (Wildman–Crippen MR) is 65.5 cm³/mol. The Hall–Kier alpha value is -0.570. The standard InChI is InChI=1S/C13H25NO2/c1-5-12(2,3)10-6-8-13(14-4,9-7-10)11(15)16/h10,14H,5-9H2,1-4H3,(H,15,16). The lowest BCUT2D eigenvalue weighted by atomic mass is 9.65. The second kappa shape index (κ2) is 4.74. The van der Waals surface area contributed by atoms with Crippen LogP contribution in [0.2, 0.25) is 0 Å². The van der Waals surface area contributed by atoms with Crippen molar-refractivity contribution < 1.29 is 9.90 Å². The van der Waals surface area contributed by atoms with Gasteiger partial charge in [-0.1, -0.05) is 27.2 Å². The number of nitrogens with one attached hydrogen (secondary N) is 1. The first kappa shape index (κ1) is 13.5. The van der Waals surface area contributed by atoms with E-state index in [1.165, 1.54) is 0 Å². The molecule has 0 unspecified atom stereocenters. The van der Waals surface area contributed by atoms with Crippen LogP contribution >= 0.6 is 0 Å². The van der Waals surface area contributed by atoms with Gasteiger partial charge in [0.05, 0.1) is 0 Å². The highest BCUT2D eigenvalue weighted by Gasteiger charge is 2.43. The second-order valence-corrected chi connectivity index (χ2v) is 5.75. The molecule has 0 heterocycles. The number of carbonyl (C=O) groups is 1. The minimum absolute atomic E-state index is 0.346. The minimum atomic E-state index is -0.692. The van der Waals surface area contributed by atoms with Crippen LogP contribution in [0.3, 0.4) is 0 Å². The summed E-state index contributed by atoms with van der Waals surface area (Å²) < 4.78 is 0. The van der Waals surface area contributed by atoms with Crippen LogP contribution in [0.4, 0.5) is 0 Å². The first-order valence-electron chi connectivity index (χ1n) is 6.30. The van der Waals surface area contributed by atoms with Crippen molar-refractivity contribution in [3.05, 3.63) is 0 Å². The predicted octanol–water partition coefficient (Wildman–Crippen LogP) is 2.66. The number of aliphatic carboxylic acids is 1. The van der Waals surface area contributed by atoms with Gasteiger partial charge in [0, 0.05) is 0 Å². The van der Waals surface area contributed by atoms with Gasteiger partial charge in [-0.15, -0.1) is 0 Å². The Kier molecular flexibility index (Phi) is 4.00. The van der Waals surface area contributed by atoms with Gasteiger partial charge in [0.2, 0.25) is 0 Å². The first-order valence-corrected chi connectivity index (χ1v) is 6.30. The summed E-state index contributed by atoms with van der Waals surface area (Å²) in [6.07, 6.45) is 4.72. The van der Waals surface area contributed by atoms with E-state index in [1.807, 2.05) is 0 Å². The minimum Gasteiger partial charge on any atom is -0.480 e. The zero-order valence-electron chi connectivity index (χ0n) is 11.0. The van der Waals surface area contributed by atoms with E-state index in [0.29, 0.717) is 11.3 Å². The fraction of sp³-hybridized carbons (Fsp3) is 0.923. The van der Waals surface area contributed by atoms with E-state index in [4.69, 9.17) is 0 Å². The van der Waals surface area contributed by atoms with E-state index in [-0.39, 0.29) is 0 Å². The molecular weight excluding hydrogens is 202 g/mol. The SMILES string of the molecule is CCC(C)(C)C1CCC(NC)(C(=O)O)CC1. The maximum atomic E-state index is 11.3. The molecular formula is C13H25NO2. The van der Waals surface area contributed by atoms with Gasteiger partial charge >= 0.3 is 5.97 Å². The van der Waals surface area contributed by atoms with E-state index < -0.39 is 11.5 Å². The smallest absolute Gasteiger partial charge is 0.323 e. The largest absolute Gasteiger partial charge is 0.480 e. The van der Waals surface area contributed by atoms with Crippen LogP contribution in [-0.2, 0) is 4.79 Å². The van der Waals surface area contributed by atoms with Gasteiger partial charge in [-0.3, -0.25) is 4.79 Å². The van der Waals surface area contributed by atoms with Gasteiger partial charge in [-0.05, 0) is 44.1 Å². The third kappa shape index (κ3) is 2.40. The first-order chi connectivity index (χ1) is 7.38. The third-order valence-corrected chi connectivity index (χ3v) is 4.74. The molecule has 0 radical (unpaired) electrons. The Morgan fingerprint density at radius 3 is 2.25 bits per heavy atom. The van der Waals surface area contributed by atoms with Crippen molar-refractivity contribution in [3.8, 4) is 0 Å². The average Bonchev–Trinajstić information content (AvgIpc) is 2.28. The highest BCUT2D eigenvalue weighted by molar-refractivity contribution is 5.78. The normalized spacial score (nSPS) is 31.4. The van der Waals surface area contributed by atoms with Gasteiger partial charge in [0.25, 0.3) is 0 Å². The van der Waals surface area contributed by atoms with Crippen molar-refractivity contribution >= 4 is 5.97 Å². The molecule has 3 nitrogen and oxygen atoms in total. The fourth-order valence-corrected chi connectivity index (χ4v) is 2.75. The highest BCUT2D eigenvalue weighted by Crippen LogP contribution is 2.43. The molecule has 2 N–H and O–H groups in total. The lowest BCUT2D eigenvalue weighted by Crippen LogP contribution is -2.53. The van der Waals surface area contributed by atoms with Crippen LogP contribution < -0.4 is 5.32 Å². The summed E-state index contributed by atoms with van der Waals surface area (Å²) in [6.45, 7) is 6.81. The van der Waals surface area contributed by atoms with E-state index in [1.54, 1.807) is 7.05 Å². The van der Waals surface area contributed by atoms with E-state index >= 15 is 0 Å². The summed E-state index contributed by atoms with van der Waals surface area (Å²) in [7, 11) is 1.76. The summed E-state index contributed by atoms with van der Waals surface area (Å²) in [5.74, 6) is -0.0268. The van der Waals surface area contributed by atoms with Gasteiger partial charge in [0.1, 0.15) is 5.54 Å². The van der Waals surface area contributed by atoms with Crippen LogP contribution in [0.15, 0.2) is 0 Å². The number of rotatable bonds is 4. The molecule has 1 rings (SSSR count). The van der Waals surface area contributed by atoms with Gasteiger partial charge < -0.3 is 10.4 Å². The number of carboxylic acid groups (broad SMARTS) is 1. The Labute approximate surface area is 98.6 Å². The van der Waals surface area contributed by atoms with Gasteiger partial charge in [-0.2, -0.15) is 0 Å². The van der Waals surface area contributed by atoms with Crippen molar-refractivity contribution in [2.45, 2.75) is 58.4 Å². The van der Waals surface area contributed by atoms with Crippen molar-refractivity contribution in [3.63, 3.8) is 0 Å². The van der Waals surface area contributed by atoms with Crippen LogP contribution in [0.1, 0.15) is 52.9 Å². The molecule has 16 heavy (non-hydrogen) atoms. The molecule has 1 aliphatic carbocycles. The summed E-state index contributed by atoms with van der Waals surface area (Å²) in [6, 6.07) is 0. The van der Waals surface area contributed by atoms with Crippen molar-refractivity contribution in [2.24, 2.45) is 11.3 Å². The molecule has 0 aromatic carbocycles. The van der Waals surface area contributed by atoms with Crippen LogP contribution in [0.25, 0.3) is 0 Å². The number of hydrogen-bond acceptors (Lipinski definition) is 2. The lowest BCUT2D eigenvalue weighted by Gasteiger charge is -2.42. The van der Waals surface area contributed by atoms with Gasteiger partial charge in [-0.25, -0.2) is 0 Å². The second-order valence-electron chi connectivity index (χ2n) is 5.75. The molecule has 1 fully saturated rings. The summed E-state index contributed by atoms with van der Waals surface area (Å²) in [5, 5.41) is 12.3. The highest BCUT2D eigenvalue weighted by atomic mass is 16.4. The molecule has 0 atom stereocenters. The number of likely N-dealkylation sites (N-methyl/N-ethyl adjacent to an activating group) is 1. The maximum Gasteiger partial charge on any atom is 0.323 e. The molecule has 0 aromatic rings. The zero-order chi connectivity index (χ0) is 12.4. The Morgan fingerprint density at radius 2 is 1.94 bits per heavy atom. The molecule has 0 bridgehead atoms. The van der Waals surface area contributed by atoms with E-state index in [0.717, 1.165) is 32.1 Å². The molecule has 0 amide bonds. The molecule has 0 aliphatic heterocycles. The molecule has 0 spiro atoms. The summed E-state index contributed by atoms with van der Waals surface area (Å²) in [4.78, 5) is 11.3. The molecule has 3 heteroatoms. The lowest BCUT2D eigenvalue weighted by molar-refractivity contribution is -0.147. The number of hydrogen-bond donors (Lipinski definition) is 2.